The number of nitrogens with one attached hydrogen (secondary N) is 1. The van der Waals surface area contributed by atoms with Crippen molar-refractivity contribution in [3.05, 3.63) is 54.1 Å². The van der Waals surface area contributed by atoms with Crippen molar-refractivity contribution in [1.82, 2.24) is 0 Å². The summed E-state index contributed by atoms with van der Waals surface area (Å²) in [5.41, 5.74) is 0.806. The number of carbonyl (C=O) groups excluding carboxylic acids is 1. The zero-order valence-corrected chi connectivity index (χ0v) is 12.7. The average molecular weight is 303 g/mol. The van der Waals surface area contributed by atoms with Gasteiger partial charge in [-0.25, -0.2) is 0 Å². The van der Waals surface area contributed by atoms with Gasteiger partial charge in [-0.05, 0) is 36.4 Å². The van der Waals surface area contributed by atoms with Gasteiger partial charge in [-0.2, -0.15) is 0 Å². The molecule has 0 aliphatic heterocycles. The second-order valence-electron chi connectivity index (χ2n) is 4.84. The molecule has 21 heavy (non-hydrogen) atoms. The van der Waals surface area contributed by atoms with Gasteiger partial charge >= 0.3 is 0 Å². The van der Waals surface area contributed by atoms with Gasteiger partial charge < -0.3 is 10.4 Å². The molecule has 2 rings (SSSR count). The van der Waals surface area contributed by atoms with Crippen LogP contribution in [-0.2, 0) is 10.8 Å². The topological polar surface area (TPSA) is 66.4 Å². The molecule has 0 spiro atoms. The maximum atomic E-state index is 12.1. The number of benzene rings is 2. The average Bonchev–Trinajstić information content (AvgIpc) is 2.49. The van der Waals surface area contributed by atoms with Crippen molar-refractivity contribution in [2.75, 3.05) is 5.32 Å². The van der Waals surface area contributed by atoms with Crippen LogP contribution in [0.4, 0.5) is 5.69 Å². The van der Waals surface area contributed by atoms with Crippen molar-refractivity contribution in [3.63, 3.8) is 0 Å². The van der Waals surface area contributed by atoms with Crippen molar-refractivity contribution in [2.24, 2.45) is 0 Å². The van der Waals surface area contributed by atoms with Crippen LogP contribution in [0.25, 0.3) is 0 Å². The molecule has 0 aromatic heterocycles. The van der Waals surface area contributed by atoms with Gasteiger partial charge in [0.2, 0.25) is 0 Å². The van der Waals surface area contributed by atoms with Crippen molar-refractivity contribution in [2.45, 2.75) is 24.0 Å². The maximum absolute atomic E-state index is 12.1. The van der Waals surface area contributed by atoms with Gasteiger partial charge in [0.15, 0.2) is 0 Å². The van der Waals surface area contributed by atoms with Crippen molar-refractivity contribution >= 4 is 22.4 Å². The molecule has 0 bridgehead atoms. The van der Waals surface area contributed by atoms with E-state index < -0.39 is 10.8 Å². The van der Waals surface area contributed by atoms with Crippen LogP contribution in [0.3, 0.4) is 0 Å². The summed E-state index contributed by atoms with van der Waals surface area (Å²) in [4.78, 5) is 12.8. The Labute approximate surface area is 126 Å². The highest BCUT2D eigenvalue weighted by atomic mass is 32.2. The number of anilines is 1. The van der Waals surface area contributed by atoms with E-state index in [4.69, 9.17) is 0 Å². The third-order valence-electron chi connectivity index (χ3n) is 2.93. The lowest BCUT2D eigenvalue weighted by atomic mass is 10.2. The van der Waals surface area contributed by atoms with E-state index in [1.54, 1.807) is 42.5 Å². The lowest BCUT2D eigenvalue weighted by Gasteiger charge is -2.08. The van der Waals surface area contributed by atoms with Gasteiger partial charge in [0.25, 0.3) is 5.91 Å². The molecule has 1 atom stereocenters. The Morgan fingerprint density at radius 2 is 1.71 bits per heavy atom. The minimum absolute atomic E-state index is 0.0170. The lowest BCUT2D eigenvalue weighted by molar-refractivity contribution is 0.102. The van der Waals surface area contributed by atoms with E-state index in [-0.39, 0.29) is 16.9 Å². The molecular weight excluding hydrogens is 286 g/mol. The number of phenolic OH excluding ortho intramolecular Hbond substituents is 1. The number of carbonyl (C=O) groups is 1. The van der Waals surface area contributed by atoms with Crippen molar-refractivity contribution in [3.8, 4) is 5.75 Å². The number of amides is 1. The number of aromatic hydroxyl groups is 1. The summed E-state index contributed by atoms with van der Waals surface area (Å²) in [6, 6.07) is 13.2. The monoisotopic (exact) mass is 303 g/mol. The standard InChI is InChI=1S/C16H17NO3S/c1-11(2)21(20)13-9-7-12(8-10-13)16(19)17-14-5-3-4-6-15(14)18/h3-11,18H,1-2H3,(H,17,19)/t21-/m1/s1. The third-order valence-corrected chi connectivity index (χ3v) is 4.52. The van der Waals surface area contributed by atoms with E-state index in [1.807, 2.05) is 13.8 Å². The van der Waals surface area contributed by atoms with Gasteiger partial charge in [0.05, 0.1) is 16.5 Å². The summed E-state index contributed by atoms with van der Waals surface area (Å²) >= 11 is 0. The molecule has 0 saturated heterocycles. The lowest BCUT2D eigenvalue weighted by Crippen LogP contribution is -2.12. The van der Waals surface area contributed by atoms with E-state index in [0.29, 0.717) is 16.1 Å². The quantitative estimate of drug-likeness (QED) is 0.853. The van der Waals surface area contributed by atoms with Gasteiger partial charge in [-0.3, -0.25) is 9.00 Å². The molecule has 2 aromatic rings. The molecule has 5 heteroatoms. The van der Waals surface area contributed by atoms with E-state index >= 15 is 0 Å². The minimum Gasteiger partial charge on any atom is -0.506 e. The minimum atomic E-state index is -1.07. The first-order valence-electron chi connectivity index (χ1n) is 6.59. The largest absolute Gasteiger partial charge is 0.506 e. The van der Waals surface area contributed by atoms with Crippen LogP contribution < -0.4 is 5.32 Å². The SMILES string of the molecule is CC(C)[S@@](=O)c1ccc(C(=O)Nc2ccccc2O)cc1. The van der Waals surface area contributed by atoms with E-state index in [1.165, 1.54) is 6.07 Å². The Morgan fingerprint density at radius 1 is 1.10 bits per heavy atom. The van der Waals surface area contributed by atoms with Crippen LogP contribution >= 0.6 is 0 Å². The highest BCUT2D eigenvalue weighted by molar-refractivity contribution is 7.85. The fourth-order valence-electron chi connectivity index (χ4n) is 1.79. The van der Waals surface area contributed by atoms with Crippen molar-refractivity contribution in [1.29, 1.82) is 0 Å². The molecule has 0 heterocycles. The van der Waals surface area contributed by atoms with Crippen LogP contribution in [0.15, 0.2) is 53.4 Å². The molecule has 0 radical (unpaired) electrons. The smallest absolute Gasteiger partial charge is 0.255 e. The number of para-hydroxylation sites is 2. The predicted octanol–water partition coefficient (Wildman–Crippen LogP) is 3.16. The van der Waals surface area contributed by atoms with E-state index in [9.17, 15) is 14.1 Å². The van der Waals surface area contributed by atoms with E-state index in [2.05, 4.69) is 5.32 Å². The molecule has 0 saturated carbocycles. The Kier molecular flexibility index (Phi) is 4.75. The van der Waals surface area contributed by atoms with Crippen LogP contribution in [-0.4, -0.2) is 20.5 Å². The van der Waals surface area contributed by atoms with Gasteiger partial charge in [0, 0.05) is 15.7 Å². The fourth-order valence-corrected chi connectivity index (χ4v) is 2.74. The predicted molar refractivity (Wildman–Crippen MR) is 84.0 cm³/mol. The van der Waals surface area contributed by atoms with Crippen LogP contribution in [0.5, 0.6) is 5.75 Å². The second kappa shape index (κ2) is 6.54. The Morgan fingerprint density at radius 3 is 2.29 bits per heavy atom. The Balaban J connectivity index is 2.14. The molecule has 0 unspecified atom stereocenters. The first-order chi connectivity index (χ1) is 9.99. The number of rotatable bonds is 4. The molecule has 0 fully saturated rings. The molecular formula is C16H17NO3S. The highest BCUT2D eigenvalue weighted by Gasteiger charge is 2.11. The molecule has 1 amide bonds. The first kappa shape index (κ1) is 15.3. The normalized spacial score (nSPS) is 12.1. The summed E-state index contributed by atoms with van der Waals surface area (Å²) in [6.45, 7) is 3.77. The maximum Gasteiger partial charge on any atom is 0.255 e. The molecule has 2 N–H and O–H groups in total. The van der Waals surface area contributed by atoms with Gasteiger partial charge in [0.1, 0.15) is 5.75 Å². The molecule has 0 aliphatic rings. The number of phenols is 1. The molecule has 0 aliphatic carbocycles. The third kappa shape index (κ3) is 3.70. The fraction of sp³-hybridized carbons (Fsp3) is 0.188. The number of hydrogen-bond acceptors (Lipinski definition) is 3. The molecule has 4 nitrogen and oxygen atoms in total. The van der Waals surface area contributed by atoms with Crippen LogP contribution in [0.1, 0.15) is 24.2 Å². The number of hydrogen-bond donors (Lipinski definition) is 2. The Hall–Kier alpha value is -2.14. The summed E-state index contributed by atoms with van der Waals surface area (Å²) in [7, 11) is -1.07. The van der Waals surface area contributed by atoms with Crippen molar-refractivity contribution < 1.29 is 14.1 Å². The van der Waals surface area contributed by atoms with Gasteiger partial charge in [-0.1, -0.05) is 26.0 Å². The summed E-state index contributed by atoms with van der Waals surface area (Å²) < 4.78 is 11.9. The molecule has 2 aromatic carbocycles. The van der Waals surface area contributed by atoms with Gasteiger partial charge in [-0.15, -0.1) is 0 Å². The van der Waals surface area contributed by atoms with Crippen LogP contribution in [0, 0.1) is 0 Å². The van der Waals surface area contributed by atoms with E-state index in [0.717, 1.165) is 0 Å². The second-order valence-corrected chi connectivity index (χ2v) is 6.85. The highest BCUT2D eigenvalue weighted by Crippen LogP contribution is 2.22. The van der Waals surface area contributed by atoms with Crippen LogP contribution in [0.2, 0.25) is 0 Å². The zero-order chi connectivity index (χ0) is 15.4. The first-order valence-corrected chi connectivity index (χ1v) is 7.80. The summed E-state index contributed by atoms with van der Waals surface area (Å²) in [5.74, 6) is -0.304. The molecule has 110 valence electrons. The summed E-state index contributed by atoms with van der Waals surface area (Å²) in [5, 5.41) is 12.3. The zero-order valence-electron chi connectivity index (χ0n) is 11.9. The Bertz CT molecular complexity index is 665. The summed E-state index contributed by atoms with van der Waals surface area (Å²) in [6.07, 6.45) is 0.